The predicted octanol–water partition coefficient (Wildman–Crippen LogP) is 5.29. The number of primary sulfonamides is 1. The lowest BCUT2D eigenvalue weighted by Gasteiger charge is -2.08. The van der Waals surface area contributed by atoms with Crippen molar-refractivity contribution < 1.29 is 17.9 Å². The van der Waals surface area contributed by atoms with Crippen LogP contribution in [-0.2, 0) is 10.0 Å². The highest BCUT2D eigenvalue weighted by atomic mass is 35.5. The summed E-state index contributed by atoms with van der Waals surface area (Å²) in [5, 5.41) is 5.68. The van der Waals surface area contributed by atoms with Crippen molar-refractivity contribution in [2.75, 3.05) is 7.11 Å². The number of halogens is 1. The number of ether oxygens (including phenoxy) is 1. The highest BCUT2D eigenvalue weighted by Crippen LogP contribution is 2.43. The largest absolute Gasteiger partial charge is 0.495 e. The summed E-state index contributed by atoms with van der Waals surface area (Å²) in [6.07, 6.45) is 0.366. The van der Waals surface area contributed by atoms with Crippen molar-refractivity contribution in [1.29, 1.82) is 0 Å². The lowest BCUT2D eigenvalue weighted by Crippen LogP contribution is -2.11. The van der Waals surface area contributed by atoms with Crippen LogP contribution in [0.3, 0.4) is 0 Å². The number of nitrogens with two attached hydrogens (primary N) is 1. The average Bonchev–Trinajstić information content (AvgIpc) is 3.04. The summed E-state index contributed by atoms with van der Waals surface area (Å²) < 4.78 is 28.3. The first kappa shape index (κ1) is 21.5. The number of sulfonamides is 1. The lowest BCUT2D eigenvalue weighted by atomic mass is 9.97. The van der Waals surface area contributed by atoms with E-state index in [2.05, 4.69) is 0 Å². The first-order chi connectivity index (χ1) is 13.7. The van der Waals surface area contributed by atoms with Crippen molar-refractivity contribution in [1.82, 2.24) is 0 Å². The topological polar surface area (TPSA) is 86.5 Å². The zero-order valence-corrected chi connectivity index (χ0v) is 18.5. The second kappa shape index (κ2) is 8.28. The number of Topliss-reactive ketones (excluding diaryl/α,β-unsaturated/α-hetero) is 1. The zero-order valence-electron chi connectivity index (χ0n) is 16.2. The minimum atomic E-state index is -3.78. The van der Waals surface area contributed by atoms with E-state index in [1.54, 1.807) is 25.3 Å². The number of ketones is 1. The van der Waals surface area contributed by atoms with Crippen molar-refractivity contribution in [2.24, 2.45) is 5.14 Å². The van der Waals surface area contributed by atoms with Gasteiger partial charge in [0.1, 0.15) is 5.75 Å². The smallest absolute Gasteiger partial charge is 0.238 e. The molecule has 3 rings (SSSR count). The molecule has 0 aliphatic rings. The first-order valence-corrected chi connectivity index (χ1v) is 11.5. The van der Waals surface area contributed by atoms with Crippen molar-refractivity contribution in [3.63, 3.8) is 0 Å². The molecular weight excluding hydrogens is 430 g/mol. The Morgan fingerprint density at radius 3 is 2.28 bits per heavy atom. The van der Waals surface area contributed by atoms with Crippen LogP contribution in [0, 0.1) is 6.92 Å². The fourth-order valence-electron chi connectivity index (χ4n) is 3.11. The molecule has 1 aromatic heterocycles. The molecule has 0 amide bonds. The lowest BCUT2D eigenvalue weighted by molar-refractivity contribution is 0.0992. The third kappa shape index (κ3) is 4.23. The van der Waals surface area contributed by atoms with Gasteiger partial charge in [0.2, 0.25) is 10.0 Å². The van der Waals surface area contributed by atoms with E-state index in [9.17, 15) is 13.2 Å². The Hall–Kier alpha value is -2.19. The Morgan fingerprint density at radius 1 is 1.14 bits per heavy atom. The summed E-state index contributed by atoms with van der Waals surface area (Å²) in [6.45, 7) is 3.76. The van der Waals surface area contributed by atoms with E-state index in [0.29, 0.717) is 22.1 Å². The number of thiophene rings is 1. The van der Waals surface area contributed by atoms with Gasteiger partial charge in [-0.25, -0.2) is 13.6 Å². The van der Waals surface area contributed by atoms with Gasteiger partial charge in [-0.3, -0.25) is 4.79 Å². The van der Waals surface area contributed by atoms with Gasteiger partial charge in [0, 0.05) is 16.9 Å². The molecule has 1 heterocycles. The standard InChI is InChI=1S/C21H20ClNO4S2/c1-4-17(24)21-19(13-5-8-15(9-6-13)29(23,25)26)12(2)20(28-21)14-7-10-18(27-3)16(22)11-14/h5-11H,4H2,1-3H3,(H2,23,25,26). The predicted molar refractivity (Wildman–Crippen MR) is 117 cm³/mol. The molecule has 0 saturated carbocycles. The fraction of sp³-hybridized carbons (Fsp3) is 0.190. The van der Waals surface area contributed by atoms with Gasteiger partial charge in [0.25, 0.3) is 0 Å². The van der Waals surface area contributed by atoms with Gasteiger partial charge < -0.3 is 4.74 Å². The van der Waals surface area contributed by atoms with E-state index in [1.165, 1.54) is 23.5 Å². The van der Waals surface area contributed by atoms with Gasteiger partial charge in [0.05, 0.1) is 21.9 Å². The number of methoxy groups -OCH3 is 1. The summed E-state index contributed by atoms with van der Waals surface area (Å²) in [7, 11) is -2.23. The highest BCUT2D eigenvalue weighted by Gasteiger charge is 2.22. The molecule has 2 N–H and O–H groups in total. The summed E-state index contributed by atoms with van der Waals surface area (Å²) in [4.78, 5) is 14.2. The van der Waals surface area contributed by atoms with E-state index in [0.717, 1.165) is 27.1 Å². The number of carbonyl (C=O) groups is 1. The number of carbonyl (C=O) groups excluding carboxylic acids is 1. The average molecular weight is 450 g/mol. The number of benzene rings is 2. The maximum Gasteiger partial charge on any atom is 0.238 e. The molecule has 0 atom stereocenters. The van der Waals surface area contributed by atoms with Gasteiger partial charge >= 0.3 is 0 Å². The van der Waals surface area contributed by atoms with E-state index in [4.69, 9.17) is 21.5 Å². The zero-order chi connectivity index (χ0) is 21.3. The molecule has 0 unspecified atom stereocenters. The minimum absolute atomic E-state index is 0.0227. The van der Waals surface area contributed by atoms with E-state index < -0.39 is 10.0 Å². The third-order valence-corrected chi connectivity index (χ3v) is 7.21. The normalized spacial score (nSPS) is 11.5. The Kier molecular flexibility index (Phi) is 6.14. The van der Waals surface area contributed by atoms with Gasteiger partial charge in [-0.15, -0.1) is 11.3 Å². The van der Waals surface area contributed by atoms with Gasteiger partial charge in [-0.2, -0.15) is 0 Å². The molecule has 0 aliphatic carbocycles. The summed E-state index contributed by atoms with van der Waals surface area (Å²) in [5.41, 5.74) is 3.37. The van der Waals surface area contributed by atoms with Crippen LogP contribution in [0.1, 0.15) is 28.6 Å². The molecule has 3 aromatic rings. The van der Waals surface area contributed by atoms with Crippen molar-refractivity contribution in [3.05, 3.63) is 57.9 Å². The molecule has 2 aromatic carbocycles. The van der Waals surface area contributed by atoms with Crippen LogP contribution < -0.4 is 9.88 Å². The summed E-state index contributed by atoms with van der Waals surface area (Å²) >= 11 is 7.70. The van der Waals surface area contributed by atoms with Crippen LogP contribution in [0.2, 0.25) is 5.02 Å². The maximum atomic E-state index is 12.6. The van der Waals surface area contributed by atoms with E-state index in [1.807, 2.05) is 26.0 Å². The number of hydrogen-bond donors (Lipinski definition) is 1. The Bertz CT molecular complexity index is 1180. The highest BCUT2D eigenvalue weighted by molar-refractivity contribution is 7.89. The number of rotatable bonds is 6. The summed E-state index contributed by atoms with van der Waals surface area (Å²) in [5.74, 6) is 0.600. The van der Waals surface area contributed by atoms with Crippen molar-refractivity contribution in [3.8, 4) is 27.3 Å². The molecule has 0 bridgehead atoms. The van der Waals surface area contributed by atoms with Crippen LogP contribution in [0.4, 0.5) is 0 Å². The number of hydrogen-bond acceptors (Lipinski definition) is 5. The molecule has 8 heteroatoms. The molecule has 0 radical (unpaired) electrons. The first-order valence-electron chi connectivity index (χ1n) is 8.81. The van der Waals surface area contributed by atoms with E-state index >= 15 is 0 Å². The molecule has 0 spiro atoms. The molecule has 0 fully saturated rings. The van der Waals surface area contributed by atoms with Crippen molar-refractivity contribution >= 4 is 38.7 Å². The van der Waals surface area contributed by atoms with Gasteiger partial charge in [-0.05, 0) is 53.9 Å². The van der Waals surface area contributed by atoms with Crippen LogP contribution in [0.15, 0.2) is 47.4 Å². The van der Waals surface area contributed by atoms with Crippen molar-refractivity contribution in [2.45, 2.75) is 25.2 Å². The van der Waals surface area contributed by atoms with Gasteiger partial charge in [0.15, 0.2) is 5.78 Å². The quantitative estimate of drug-likeness (QED) is 0.518. The summed E-state index contributed by atoms with van der Waals surface area (Å²) in [6, 6.07) is 11.7. The Balaban J connectivity index is 2.19. The molecular formula is C21H20ClNO4S2. The van der Waals surface area contributed by atoms with Crippen LogP contribution in [0.5, 0.6) is 5.75 Å². The fourth-order valence-corrected chi connectivity index (χ4v) is 5.22. The molecule has 0 saturated heterocycles. The molecule has 5 nitrogen and oxygen atoms in total. The molecule has 29 heavy (non-hydrogen) atoms. The van der Waals surface area contributed by atoms with Gasteiger partial charge in [-0.1, -0.05) is 30.7 Å². The second-order valence-corrected chi connectivity index (χ2v) is 9.44. The van der Waals surface area contributed by atoms with Crippen LogP contribution in [-0.4, -0.2) is 21.3 Å². The second-order valence-electron chi connectivity index (χ2n) is 6.46. The Labute approximate surface area is 179 Å². The minimum Gasteiger partial charge on any atom is -0.495 e. The monoisotopic (exact) mass is 449 g/mol. The molecule has 0 aliphatic heterocycles. The SMILES string of the molecule is CCC(=O)c1sc(-c2ccc(OC)c(Cl)c2)c(C)c1-c1ccc(S(N)(=O)=O)cc1. The maximum absolute atomic E-state index is 12.6. The van der Waals surface area contributed by atoms with Crippen LogP contribution in [0.25, 0.3) is 21.6 Å². The third-order valence-electron chi connectivity index (χ3n) is 4.61. The van der Waals surface area contributed by atoms with E-state index in [-0.39, 0.29) is 10.7 Å². The molecule has 152 valence electrons. The van der Waals surface area contributed by atoms with Crippen LogP contribution >= 0.6 is 22.9 Å². The Morgan fingerprint density at radius 2 is 1.76 bits per heavy atom.